The number of aromatic nitrogens is 1. The van der Waals surface area contributed by atoms with Gasteiger partial charge in [0.25, 0.3) is 0 Å². The number of amides is 1. The molecule has 0 bridgehead atoms. The average Bonchev–Trinajstić information content (AvgIpc) is 3.14. The Morgan fingerprint density at radius 3 is 2.41 bits per heavy atom. The second kappa shape index (κ2) is 9.10. The summed E-state index contributed by atoms with van der Waals surface area (Å²) in [5.41, 5.74) is 0.794. The molecule has 0 aliphatic carbocycles. The minimum absolute atomic E-state index is 0.00751. The Balaban J connectivity index is 1.78. The predicted octanol–water partition coefficient (Wildman–Crippen LogP) is 1.07. The Kier molecular flexibility index (Phi) is 6.85. The molecule has 1 amide bonds. The summed E-state index contributed by atoms with van der Waals surface area (Å²) in [6.45, 7) is 0.749. The van der Waals surface area contributed by atoms with E-state index in [1.54, 1.807) is 18.3 Å². The normalized spacial score (nSPS) is 11.0. The Labute approximate surface area is 156 Å². The number of nitrogens with one attached hydrogen (secondary N) is 3. The topological polar surface area (TPSA) is 134 Å². The molecular formula is C17H19N3O6S. The van der Waals surface area contributed by atoms with Crippen LogP contribution in [-0.4, -0.2) is 44.2 Å². The summed E-state index contributed by atoms with van der Waals surface area (Å²) in [6.07, 6.45) is 1.35. The fraction of sp³-hybridized carbons (Fsp3) is 0.235. The molecule has 2 aromatic rings. The summed E-state index contributed by atoms with van der Waals surface area (Å²) in [6, 6.07) is 8.78. The maximum absolute atomic E-state index is 12.2. The second-order valence-electron chi connectivity index (χ2n) is 5.52. The lowest BCUT2D eigenvalue weighted by atomic mass is 10.3. The number of carbonyl (C=O) groups is 3. The zero-order valence-electron chi connectivity index (χ0n) is 14.5. The van der Waals surface area contributed by atoms with Gasteiger partial charge in [0.15, 0.2) is 6.61 Å². The first kappa shape index (κ1) is 20.3. The monoisotopic (exact) mass is 393 g/mol. The molecule has 1 aromatic carbocycles. The average molecular weight is 393 g/mol. The van der Waals surface area contributed by atoms with Gasteiger partial charge in [-0.05, 0) is 36.4 Å². The van der Waals surface area contributed by atoms with E-state index < -0.39 is 22.6 Å². The highest BCUT2D eigenvalue weighted by molar-refractivity contribution is 7.89. The minimum atomic E-state index is -3.81. The number of hydrogen-bond donors (Lipinski definition) is 3. The molecule has 0 fully saturated rings. The van der Waals surface area contributed by atoms with E-state index in [9.17, 15) is 22.8 Å². The van der Waals surface area contributed by atoms with Crippen LogP contribution in [0.4, 0.5) is 5.69 Å². The molecule has 144 valence electrons. The molecule has 1 heterocycles. The third-order valence-corrected chi connectivity index (χ3v) is 4.85. The lowest BCUT2D eigenvalue weighted by Gasteiger charge is -2.08. The van der Waals surface area contributed by atoms with Gasteiger partial charge in [0.1, 0.15) is 0 Å². The number of rotatable bonds is 9. The van der Waals surface area contributed by atoms with Gasteiger partial charge in [-0.15, -0.1) is 0 Å². The lowest BCUT2D eigenvalue weighted by molar-refractivity contribution is -0.142. The highest BCUT2D eigenvalue weighted by Gasteiger charge is 2.15. The Bertz CT molecular complexity index is 905. The lowest BCUT2D eigenvalue weighted by Crippen LogP contribution is -2.27. The Morgan fingerprint density at radius 1 is 1.11 bits per heavy atom. The maximum atomic E-state index is 12.2. The van der Waals surface area contributed by atoms with E-state index in [-0.39, 0.29) is 29.6 Å². The van der Waals surface area contributed by atoms with Crippen LogP contribution < -0.4 is 10.0 Å². The number of hydrogen-bond acceptors (Lipinski definition) is 6. The largest absolute Gasteiger partial charge is 0.457 e. The van der Waals surface area contributed by atoms with Gasteiger partial charge in [-0.2, -0.15) is 0 Å². The third kappa shape index (κ3) is 6.35. The number of anilines is 1. The highest BCUT2D eigenvalue weighted by Crippen LogP contribution is 2.13. The zero-order valence-corrected chi connectivity index (χ0v) is 15.3. The summed E-state index contributed by atoms with van der Waals surface area (Å²) in [7, 11) is -3.81. The van der Waals surface area contributed by atoms with Gasteiger partial charge in [0.05, 0.1) is 17.0 Å². The summed E-state index contributed by atoms with van der Waals surface area (Å²) >= 11 is 0. The van der Waals surface area contributed by atoms with E-state index in [2.05, 4.69) is 15.0 Å². The van der Waals surface area contributed by atoms with Crippen LogP contribution in [0, 0.1) is 0 Å². The van der Waals surface area contributed by atoms with Crippen LogP contribution in [0.15, 0.2) is 47.5 Å². The van der Waals surface area contributed by atoms with Crippen molar-refractivity contribution in [2.75, 3.05) is 18.5 Å². The molecule has 0 radical (unpaired) electrons. The van der Waals surface area contributed by atoms with Gasteiger partial charge in [-0.1, -0.05) is 0 Å². The van der Waals surface area contributed by atoms with Crippen LogP contribution in [-0.2, 0) is 24.3 Å². The molecule has 1 aromatic heterocycles. The van der Waals surface area contributed by atoms with Crippen molar-refractivity contribution in [1.82, 2.24) is 9.71 Å². The van der Waals surface area contributed by atoms with Gasteiger partial charge in [0, 0.05) is 25.4 Å². The maximum Gasteiger partial charge on any atom is 0.307 e. The van der Waals surface area contributed by atoms with Gasteiger partial charge in [-0.3, -0.25) is 14.4 Å². The Hall–Kier alpha value is -2.98. The third-order valence-electron chi connectivity index (χ3n) is 3.37. The first-order valence-electron chi connectivity index (χ1n) is 7.97. The molecule has 0 saturated carbocycles. The van der Waals surface area contributed by atoms with Crippen molar-refractivity contribution >= 4 is 33.4 Å². The fourth-order valence-corrected chi connectivity index (χ4v) is 3.12. The summed E-state index contributed by atoms with van der Waals surface area (Å²) in [4.78, 5) is 37.0. The van der Waals surface area contributed by atoms with Gasteiger partial charge in [0.2, 0.25) is 21.7 Å². The smallest absolute Gasteiger partial charge is 0.307 e. The molecule has 0 unspecified atom stereocenters. The Morgan fingerprint density at radius 2 is 1.81 bits per heavy atom. The number of benzene rings is 1. The fourth-order valence-electron chi connectivity index (χ4n) is 2.09. The molecule has 27 heavy (non-hydrogen) atoms. The summed E-state index contributed by atoms with van der Waals surface area (Å²) in [5, 5.41) is 2.53. The van der Waals surface area contributed by atoms with Crippen molar-refractivity contribution in [2.24, 2.45) is 0 Å². The number of H-pyrrole nitrogens is 1. The molecule has 9 nitrogen and oxygen atoms in total. The quantitative estimate of drug-likeness (QED) is 0.431. The number of sulfonamides is 1. The number of esters is 1. The van der Waals surface area contributed by atoms with E-state index >= 15 is 0 Å². The molecule has 0 atom stereocenters. The standard InChI is InChI=1S/C17H19N3O6S/c1-12(21)20-13-4-6-14(7-5-13)27(24,25)19-10-8-17(23)26-11-16(22)15-3-2-9-18-15/h2-7,9,18-19H,8,10-11H2,1H3,(H,20,21). The summed E-state index contributed by atoms with van der Waals surface area (Å²) in [5.74, 6) is -1.34. The molecule has 3 N–H and O–H groups in total. The van der Waals surface area contributed by atoms with Crippen molar-refractivity contribution in [1.29, 1.82) is 0 Å². The van der Waals surface area contributed by atoms with Gasteiger partial charge in [-0.25, -0.2) is 13.1 Å². The van der Waals surface area contributed by atoms with Crippen LogP contribution in [0.25, 0.3) is 0 Å². The van der Waals surface area contributed by atoms with Crippen molar-refractivity contribution < 1.29 is 27.5 Å². The first-order chi connectivity index (χ1) is 12.8. The van der Waals surface area contributed by atoms with Crippen LogP contribution in [0.2, 0.25) is 0 Å². The minimum Gasteiger partial charge on any atom is -0.457 e. The van der Waals surface area contributed by atoms with Gasteiger partial charge >= 0.3 is 5.97 Å². The van der Waals surface area contributed by atoms with Crippen LogP contribution in [0.1, 0.15) is 23.8 Å². The van der Waals surface area contributed by atoms with Crippen molar-refractivity contribution in [3.8, 4) is 0 Å². The molecule has 0 aliphatic heterocycles. The molecule has 2 rings (SSSR count). The van der Waals surface area contributed by atoms with E-state index in [0.717, 1.165) is 0 Å². The van der Waals surface area contributed by atoms with Crippen LogP contribution >= 0.6 is 0 Å². The predicted molar refractivity (Wildman–Crippen MR) is 96.6 cm³/mol. The van der Waals surface area contributed by atoms with E-state index in [4.69, 9.17) is 4.74 Å². The number of ether oxygens (including phenoxy) is 1. The molecule has 10 heteroatoms. The highest BCUT2D eigenvalue weighted by atomic mass is 32.2. The number of aromatic amines is 1. The SMILES string of the molecule is CC(=O)Nc1ccc(S(=O)(=O)NCCC(=O)OCC(=O)c2ccc[nH]2)cc1. The number of Topliss-reactive ketones (excluding diaryl/α,β-unsaturated/α-hetero) is 1. The second-order valence-corrected chi connectivity index (χ2v) is 7.29. The van der Waals surface area contributed by atoms with Crippen LogP contribution in [0.3, 0.4) is 0 Å². The van der Waals surface area contributed by atoms with Crippen molar-refractivity contribution in [3.63, 3.8) is 0 Å². The van der Waals surface area contributed by atoms with Crippen molar-refractivity contribution in [3.05, 3.63) is 48.3 Å². The van der Waals surface area contributed by atoms with Crippen molar-refractivity contribution in [2.45, 2.75) is 18.2 Å². The molecule has 0 spiro atoms. The van der Waals surface area contributed by atoms with Crippen LogP contribution in [0.5, 0.6) is 0 Å². The molecule has 0 aliphatic rings. The van der Waals surface area contributed by atoms with E-state index in [1.165, 1.54) is 31.2 Å². The first-order valence-corrected chi connectivity index (χ1v) is 9.46. The zero-order chi connectivity index (χ0) is 19.9. The molecule has 0 saturated heterocycles. The van der Waals surface area contributed by atoms with Gasteiger partial charge < -0.3 is 15.0 Å². The number of ketones is 1. The number of carbonyl (C=O) groups excluding carboxylic acids is 3. The molecular weight excluding hydrogens is 374 g/mol. The van der Waals surface area contributed by atoms with E-state index in [1.807, 2.05) is 0 Å². The summed E-state index contributed by atoms with van der Waals surface area (Å²) < 4.78 is 31.4. The van der Waals surface area contributed by atoms with E-state index in [0.29, 0.717) is 11.4 Å².